The summed E-state index contributed by atoms with van der Waals surface area (Å²) in [6.45, 7) is 5.44. The molecule has 2 aromatic carbocycles. The standard InChI is InChI=1S/C26H29FN2O6.C26H27FN2O6.C2H6.CH5P/c2*1-32-24-22(33-13-20-18-10-17(30)11-19(18)20)6-5-21(28-24)25(31)29-8-7-26(23(12-29)34-14-35-26)15-3-2-4-16(27)9-15;2*1-2/h2-6,9,17-20,23,30H,7-8,10-14H2,1H3;2-6,9,18-20,23H,7-8,10-14H2,1H3;1-2H3;2H2,1H3/t17?,18?,19?,20?,23-,26-;18?,19?,20?,23-,26-;;/m11../s1/i;;2*1D. The summed E-state index contributed by atoms with van der Waals surface area (Å²) < 4.78 is 86.4. The zero-order chi connectivity index (χ0) is 53.7. The number of ketones is 1. The van der Waals surface area contributed by atoms with E-state index in [1.165, 1.54) is 38.5 Å². The second-order valence-electron chi connectivity index (χ2n) is 19.7. The Morgan fingerprint density at radius 3 is 1.59 bits per heavy atom. The van der Waals surface area contributed by atoms with Gasteiger partial charge < -0.3 is 52.8 Å². The van der Waals surface area contributed by atoms with Crippen molar-refractivity contribution in [3.8, 4) is 23.3 Å². The molecule has 12 rings (SSSR count). The molecule has 0 bridgehead atoms. The zero-order valence-electron chi connectivity index (χ0n) is 44.0. The quantitative estimate of drug-likeness (QED) is 0.141. The fourth-order valence-electron chi connectivity index (χ4n) is 12.1. The van der Waals surface area contributed by atoms with Gasteiger partial charge in [0.05, 0.1) is 46.6 Å². The number of hydrogen-bond acceptors (Lipinski definition) is 14. The maximum atomic E-state index is 13.9. The van der Waals surface area contributed by atoms with Crippen molar-refractivity contribution in [2.75, 3.05) is 73.8 Å². The second-order valence-corrected chi connectivity index (χ2v) is 19.7. The van der Waals surface area contributed by atoms with Gasteiger partial charge in [-0.1, -0.05) is 44.7 Å². The first-order chi connectivity index (χ1) is 36.8. The van der Waals surface area contributed by atoms with Gasteiger partial charge in [0.1, 0.15) is 65.8 Å². The lowest BCUT2D eigenvalue weighted by molar-refractivity contribution is -0.118. The first kappa shape index (κ1) is 50.8. The Bertz CT molecular complexity index is 2690. The Kier molecular flexibility index (Phi) is 15.7. The number of rotatable bonds is 12. The number of aromatic nitrogens is 2. The molecule has 398 valence electrons. The van der Waals surface area contributed by atoms with Gasteiger partial charge in [-0.05, 0) is 102 Å². The number of piperidine rings is 2. The van der Waals surface area contributed by atoms with E-state index in [0.29, 0.717) is 131 Å². The van der Waals surface area contributed by atoms with E-state index in [1.807, 2.05) is 12.1 Å². The van der Waals surface area contributed by atoms with Gasteiger partial charge in [0.25, 0.3) is 23.6 Å². The van der Waals surface area contributed by atoms with E-state index in [9.17, 15) is 28.3 Å². The van der Waals surface area contributed by atoms with Gasteiger partial charge in [-0.3, -0.25) is 14.4 Å². The van der Waals surface area contributed by atoms with E-state index < -0.39 is 23.4 Å². The molecule has 0 radical (unpaired) electrons. The summed E-state index contributed by atoms with van der Waals surface area (Å²) in [7, 11) is 5.24. The Morgan fingerprint density at radius 1 is 0.743 bits per heavy atom. The minimum Gasteiger partial charge on any atom is -0.488 e. The number of carbonyl (C=O) groups is 3. The first-order valence-electron chi connectivity index (χ1n) is 26.7. The molecule has 4 aliphatic heterocycles. The first-order valence-corrected chi connectivity index (χ1v) is 26.1. The molecule has 2 aromatic heterocycles. The third-order valence-electron chi connectivity index (χ3n) is 16.1. The Labute approximate surface area is 435 Å². The highest BCUT2D eigenvalue weighted by molar-refractivity contribution is 7.15. The molecule has 4 saturated carbocycles. The third-order valence-corrected chi connectivity index (χ3v) is 16.1. The number of methoxy groups -OCH3 is 2. The SMILES string of the molecule is COc1nc(C(=O)N2CC[C@]3(c4cccc(F)c4)OCO[C@@H]3C2)ccc1OCC1C2CC(=O)CC12.COc1nc(C(=O)N2CC[C@]3(c4cccc(F)c4)OCO[C@@H]3C2)ccc1OCC1C2CC(O)CC12.[2H]CC.[2H]CP. The van der Waals surface area contributed by atoms with Crippen LogP contribution in [0.25, 0.3) is 0 Å². The average molecular weight is 1050 g/mol. The molecule has 6 heterocycles. The van der Waals surface area contributed by atoms with Crippen molar-refractivity contribution in [2.24, 2.45) is 35.5 Å². The summed E-state index contributed by atoms with van der Waals surface area (Å²) >= 11 is 0. The summed E-state index contributed by atoms with van der Waals surface area (Å²) in [5.41, 5.74) is 0.421. The highest BCUT2D eigenvalue weighted by atomic mass is 31.0. The van der Waals surface area contributed by atoms with Crippen LogP contribution in [0.5, 0.6) is 23.3 Å². The number of carbonyl (C=O) groups excluding carboxylic acids is 3. The molecule has 4 aromatic rings. The van der Waals surface area contributed by atoms with Crippen molar-refractivity contribution in [3.63, 3.8) is 0 Å². The predicted molar refractivity (Wildman–Crippen MR) is 269 cm³/mol. The van der Waals surface area contributed by atoms with E-state index >= 15 is 0 Å². The minimum atomic E-state index is -0.770. The monoisotopic (exact) mass is 1050 g/mol. The summed E-state index contributed by atoms with van der Waals surface area (Å²) in [5, 5.41) is 9.70. The molecule has 8 fully saturated rings. The summed E-state index contributed by atoms with van der Waals surface area (Å²) in [6, 6.07) is 19.4. The summed E-state index contributed by atoms with van der Waals surface area (Å²) in [4.78, 5) is 50.2. The van der Waals surface area contributed by atoms with E-state index in [1.54, 1.807) is 53.1 Å². The van der Waals surface area contributed by atoms with E-state index in [4.69, 9.17) is 40.6 Å². The van der Waals surface area contributed by atoms with Gasteiger partial charge in [-0.25, -0.2) is 18.7 Å². The predicted octanol–water partition coefficient (Wildman–Crippen LogP) is 7.20. The number of fused-ring (bicyclic) bond motifs is 4. The maximum absolute atomic E-state index is 13.9. The molecule has 9 atom stereocenters. The molecular weight excluding hydrogens is 978 g/mol. The lowest BCUT2D eigenvalue weighted by atomic mass is 9.82. The van der Waals surface area contributed by atoms with Crippen molar-refractivity contribution >= 4 is 26.8 Å². The lowest BCUT2D eigenvalue weighted by Gasteiger charge is -2.41. The van der Waals surface area contributed by atoms with Crippen molar-refractivity contribution < 1.29 is 68.9 Å². The second kappa shape index (κ2) is 22.9. The van der Waals surface area contributed by atoms with Crippen molar-refractivity contribution in [3.05, 3.63) is 107 Å². The molecule has 74 heavy (non-hydrogen) atoms. The van der Waals surface area contributed by atoms with E-state index in [-0.39, 0.29) is 66.3 Å². The lowest BCUT2D eigenvalue weighted by Crippen LogP contribution is -2.53. The third kappa shape index (κ3) is 10.6. The molecular formula is C55H67F2N4O12P. The Hall–Kier alpha value is -5.36. The highest BCUT2D eigenvalue weighted by Crippen LogP contribution is 2.58. The van der Waals surface area contributed by atoms with Crippen molar-refractivity contribution in [2.45, 2.75) is 81.9 Å². The van der Waals surface area contributed by atoms with Gasteiger partial charge in [-0.2, -0.15) is 0 Å². The van der Waals surface area contributed by atoms with Gasteiger partial charge >= 0.3 is 0 Å². The van der Waals surface area contributed by atoms with Crippen molar-refractivity contribution in [1.82, 2.24) is 19.8 Å². The molecule has 0 spiro atoms. The number of aliphatic hydroxyl groups is 1. The van der Waals surface area contributed by atoms with Crippen LogP contribution in [-0.4, -0.2) is 135 Å². The number of aliphatic hydroxyl groups excluding tert-OH is 1. The average Bonchev–Trinajstić information content (AvgIpc) is 3.82. The minimum absolute atomic E-state index is 0.0954. The topological polar surface area (TPSA) is 178 Å². The number of ether oxygens (including phenoxy) is 8. The number of nitrogens with zero attached hydrogens (tertiary/aromatic N) is 4. The largest absolute Gasteiger partial charge is 0.488 e. The van der Waals surface area contributed by atoms with Crippen LogP contribution in [0.2, 0.25) is 0 Å². The number of halogens is 2. The molecule has 5 unspecified atom stereocenters. The van der Waals surface area contributed by atoms with E-state index in [2.05, 4.69) is 19.2 Å². The number of likely N-dealkylation sites (tertiary alicyclic amines) is 2. The van der Waals surface area contributed by atoms with Crippen LogP contribution in [0.3, 0.4) is 0 Å². The number of amides is 2. The number of pyridine rings is 2. The van der Waals surface area contributed by atoms with Crippen molar-refractivity contribution in [1.29, 1.82) is 0 Å². The fourth-order valence-corrected chi connectivity index (χ4v) is 12.1. The molecule has 4 saturated heterocycles. The van der Waals surface area contributed by atoms with Crippen LogP contribution in [0.4, 0.5) is 8.78 Å². The number of hydrogen-bond donors (Lipinski definition) is 1. The van der Waals surface area contributed by atoms with Crippen LogP contribution < -0.4 is 18.9 Å². The van der Waals surface area contributed by atoms with Gasteiger partial charge in [0.2, 0.25) is 0 Å². The van der Waals surface area contributed by atoms with E-state index in [0.717, 1.165) is 24.0 Å². The molecule has 1 N–H and O–H groups in total. The fraction of sp³-hybridized carbons (Fsp3) is 0.545. The molecule has 16 nitrogen and oxygen atoms in total. The molecule has 2 amide bonds. The normalized spacial score (nSPS) is 31.0. The van der Waals surface area contributed by atoms with Crippen LogP contribution in [0.15, 0.2) is 72.8 Å². The van der Waals surface area contributed by atoms with Crippen LogP contribution in [0, 0.1) is 47.1 Å². The summed E-state index contributed by atoms with van der Waals surface area (Å²) in [5.74, 6) is 3.58. The van der Waals surface area contributed by atoms with Gasteiger partial charge in [0, 0.05) is 47.4 Å². The smallest absolute Gasteiger partial charge is 0.272 e. The highest BCUT2D eigenvalue weighted by Gasteiger charge is 2.57. The van der Waals surface area contributed by atoms with Gasteiger partial charge in [0.15, 0.2) is 11.5 Å². The molecule has 8 aliphatic rings. The zero-order valence-corrected chi connectivity index (χ0v) is 43.2. The van der Waals surface area contributed by atoms with Crippen LogP contribution in [-0.2, 0) is 34.9 Å². The Balaban J connectivity index is 0.000000169. The van der Waals surface area contributed by atoms with Crippen LogP contribution in [0.1, 0.15) is 87.2 Å². The number of benzene rings is 2. The number of Topliss-reactive ketones (excluding diaryl/α,β-unsaturated/α-hetero) is 1. The summed E-state index contributed by atoms with van der Waals surface area (Å²) in [6.07, 6.45) is 3.03. The van der Waals surface area contributed by atoms with Crippen LogP contribution >= 0.6 is 9.24 Å². The molecule has 4 aliphatic carbocycles. The van der Waals surface area contributed by atoms with Gasteiger partial charge in [-0.15, -0.1) is 9.24 Å². The molecule has 19 heteroatoms. The Morgan fingerprint density at radius 2 is 1.18 bits per heavy atom. The maximum Gasteiger partial charge on any atom is 0.272 e.